The van der Waals surface area contributed by atoms with Crippen molar-refractivity contribution in [2.75, 3.05) is 45.1 Å². The summed E-state index contributed by atoms with van der Waals surface area (Å²) in [5, 5.41) is 5.97. The fourth-order valence-electron chi connectivity index (χ4n) is 2.89. The number of carbonyl (C=O) groups excluding carboxylic acids is 2. The summed E-state index contributed by atoms with van der Waals surface area (Å²) in [5.41, 5.74) is 1.59. The Kier molecular flexibility index (Phi) is 6.32. The summed E-state index contributed by atoms with van der Waals surface area (Å²) in [6.07, 6.45) is 0.176. The van der Waals surface area contributed by atoms with E-state index >= 15 is 0 Å². The van der Waals surface area contributed by atoms with Gasteiger partial charge < -0.3 is 19.5 Å². The summed E-state index contributed by atoms with van der Waals surface area (Å²) < 4.78 is 15.0. The molecule has 0 unspecified atom stereocenters. The Morgan fingerprint density at radius 3 is 2.68 bits per heavy atom. The SMILES string of the molecule is COC(=O)Nc1nc2c(s1)CN(CC(=O)Nc1ccc(OC)c(OC)c1)CC2. The molecule has 28 heavy (non-hydrogen) atoms. The number of fused-ring (bicyclic) bond motifs is 1. The molecular formula is C18H22N4O5S. The van der Waals surface area contributed by atoms with Crippen LogP contribution in [-0.2, 0) is 22.5 Å². The van der Waals surface area contributed by atoms with E-state index in [4.69, 9.17) is 9.47 Å². The van der Waals surface area contributed by atoms with Crippen LogP contribution in [0.3, 0.4) is 0 Å². The zero-order chi connectivity index (χ0) is 20.1. The first-order valence-corrected chi connectivity index (χ1v) is 9.41. The molecule has 0 aliphatic carbocycles. The van der Waals surface area contributed by atoms with Crippen LogP contribution >= 0.6 is 11.3 Å². The number of nitrogens with zero attached hydrogens (tertiary/aromatic N) is 2. The maximum Gasteiger partial charge on any atom is 0.413 e. The first-order valence-electron chi connectivity index (χ1n) is 8.60. The summed E-state index contributed by atoms with van der Waals surface area (Å²) in [4.78, 5) is 31.2. The van der Waals surface area contributed by atoms with Crippen LogP contribution in [0.4, 0.5) is 15.6 Å². The molecular weight excluding hydrogens is 384 g/mol. The second kappa shape index (κ2) is 8.89. The molecule has 0 fully saturated rings. The lowest BCUT2D eigenvalue weighted by molar-refractivity contribution is -0.117. The number of thiazole rings is 1. The Bertz CT molecular complexity index is 870. The number of amides is 2. The van der Waals surface area contributed by atoms with Crippen molar-refractivity contribution in [2.24, 2.45) is 0 Å². The number of benzene rings is 1. The molecule has 2 N–H and O–H groups in total. The van der Waals surface area contributed by atoms with Gasteiger partial charge in [-0.25, -0.2) is 9.78 Å². The number of hydrogen-bond acceptors (Lipinski definition) is 8. The molecule has 2 heterocycles. The van der Waals surface area contributed by atoms with E-state index in [1.807, 2.05) is 4.90 Å². The normalized spacial score (nSPS) is 13.4. The van der Waals surface area contributed by atoms with Gasteiger partial charge in [0.05, 0.1) is 33.6 Å². The molecule has 2 amide bonds. The predicted molar refractivity (Wildman–Crippen MR) is 105 cm³/mol. The van der Waals surface area contributed by atoms with Crippen LogP contribution in [-0.4, -0.2) is 56.3 Å². The van der Waals surface area contributed by atoms with Gasteiger partial charge >= 0.3 is 6.09 Å². The van der Waals surface area contributed by atoms with Crippen molar-refractivity contribution in [3.8, 4) is 11.5 Å². The minimum absolute atomic E-state index is 0.118. The number of methoxy groups -OCH3 is 3. The third-order valence-electron chi connectivity index (χ3n) is 4.24. The molecule has 1 aliphatic rings. The lowest BCUT2D eigenvalue weighted by atomic mass is 10.2. The largest absolute Gasteiger partial charge is 0.493 e. The van der Waals surface area contributed by atoms with Gasteiger partial charge in [0.1, 0.15) is 0 Å². The molecule has 0 spiro atoms. The average Bonchev–Trinajstić information content (AvgIpc) is 3.08. The summed E-state index contributed by atoms with van der Waals surface area (Å²) >= 11 is 1.40. The van der Waals surface area contributed by atoms with E-state index in [9.17, 15) is 9.59 Å². The highest BCUT2D eigenvalue weighted by molar-refractivity contribution is 7.15. The maximum absolute atomic E-state index is 12.4. The number of rotatable bonds is 6. The van der Waals surface area contributed by atoms with E-state index in [1.165, 1.54) is 18.4 Å². The molecule has 1 aromatic carbocycles. The van der Waals surface area contributed by atoms with Crippen LogP contribution in [0.5, 0.6) is 11.5 Å². The Morgan fingerprint density at radius 1 is 1.18 bits per heavy atom. The van der Waals surface area contributed by atoms with Gasteiger partial charge in [-0.15, -0.1) is 0 Å². The zero-order valence-electron chi connectivity index (χ0n) is 15.9. The van der Waals surface area contributed by atoms with E-state index in [0.29, 0.717) is 35.4 Å². The third kappa shape index (κ3) is 4.70. The zero-order valence-corrected chi connectivity index (χ0v) is 16.7. The van der Waals surface area contributed by atoms with Crippen LogP contribution < -0.4 is 20.1 Å². The molecule has 0 radical (unpaired) electrons. The number of hydrogen-bond donors (Lipinski definition) is 2. The van der Waals surface area contributed by atoms with Crippen LogP contribution in [0.25, 0.3) is 0 Å². The van der Waals surface area contributed by atoms with E-state index in [1.54, 1.807) is 32.4 Å². The van der Waals surface area contributed by atoms with Gasteiger partial charge in [0, 0.05) is 36.1 Å². The number of aromatic nitrogens is 1. The molecule has 9 nitrogen and oxygen atoms in total. The van der Waals surface area contributed by atoms with Crippen LogP contribution in [0.15, 0.2) is 18.2 Å². The van der Waals surface area contributed by atoms with E-state index in [-0.39, 0.29) is 12.5 Å². The molecule has 0 saturated carbocycles. The third-order valence-corrected chi connectivity index (χ3v) is 5.24. The second-order valence-corrected chi connectivity index (χ2v) is 7.17. The van der Waals surface area contributed by atoms with Gasteiger partial charge in [0.2, 0.25) is 5.91 Å². The average molecular weight is 406 g/mol. The standard InChI is InChI=1S/C18H22N4O5S/c1-25-13-5-4-11(8-14(13)26-2)19-16(23)10-22-7-6-12-15(9-22)28-17(20-12)21-18(24)27-3/h4-5,8H,6-7,9-10H2,1-3H3,(H,19,23)(H,20,21,24). The summed E-state index contributed by atoms with van der Waals surface area (Å²) in [6, 6.07) is 5.23. The van der Waals surface area contributed by atoms with Crippen molar-refractivity contribution in [2.45, 2.75) is 13.0 Å². The fraction of sp³-hybridized carbons (Fsp3) is 0.389. The van der Waals surface area contributed by atoms with Crippen molar-refractivity contribution in [1.29, 1.82) is 0 Å². The molecule has 1 aliphatic heterocycles. The van der Waals surface area contributed by atoms with E-state index in [2.05, 4.69) is 20.4 Å². The molecule has 2 aromatic rings. The topological polar surface area (TPSA) is 102 Å². The van der Waals surface area contributed by atoms with Crippen molar-refractivity contribution >= 4 is 34.2 Å². The summed E-state index contributed by atoms with van der Waals surface area (Å²) in [7, 11) is 4.42. The quantitative estimate of drug-likeness (QED) is 0.759. The molecule has 10 heteroatoms. The Morgan fingerprint density at radius 2 is 1.96 bits per heavy atom. The maximum atomic E-state index is 12.4. The van der Waals surface area contributed by atoms with Crippen LogP contribution in [0.2, 0.25) is 0 Å². The summed E-state index contributed by atoms with van der Waals surface area (Å²) in [5.74, 6) is 1.04. The van der Waals surface area contributed by atoms with Gasteiger partial charge in [-0.3, -0.25) is 15.0 Å². The minimum atomic E-state index is -0.544. The predicted octanol–water partition coefficient (Wildman–Crippen LogP) is 2.34. The fourth-order valence-corrected chi connectivity index (χ4v) is 3.93. The minimum Gasteiger partial charge on any atom is -0.493 e. The highest BCUT2D eigenvalue weighted by atomic mass is 32.1. The number of carbonyl (C=O) groups is 2. The van der Waals surface area contributed by atoms with Gasteiger partial charge in [-0.2, -0.15) is 0 Å². The van der Waals surface area contributed by atoms with Gasteiger partial charge in [-0.1, -0.05) is 11.3 Å². The van der Waals surface area contributed by atoms with Crippen molar-refractivity contribution in [1.82, 2.24) is 9.88 Å². The summed E-state index contributed by atoms with van der Waals surface area (Å²) in [6.45, 7) is 1.58. The smallest absolute Gasteiger partial charge is 0.413 e. The Balaban J connectivity index is 1.58. The first kappa shape index (κ1) is 19.9. The highest BCUT2D eigenvalue weighted by Gasteiger charge is 2.23. The first-order chi connectivity index (χ1) is 13.5. The van der Waals surface area contributed by atoms with E-state index in [0.717, 1.165) is 17.0 Å². The number of ether oxygens (including phenoxy) is 3. The molecule has 150 valence electrons. The molecule has 0 saturated heterocycles. The lowest BCUT2D eigenvalue weighted by Crippen LogP contribution is -2.36. The van der Waals surface area contributed by atoms with Crippen molar-refractivity contribution < 1.29 is 23.8 Å². The number of nitrogens with one attached hydrogen (secondary N) is 2. The Hall–Kier alpha value is -2.85. The van der Waals surface area contributed by atoms with Crippen molar-refractivity contribution in [3.05, 3.63) is 28.8 Å². The van der Waals surface area contributed by atoms with Crippen LogP contribution in [0, 0.1) is 0 Å². The van der Waals surface area contributed by atoms with Gasteiger partial charge in [0.25, 0.3) is 0 Å². The molecule has 0 bridgehead atoms. The monoisotopic (exact) mass is 406 g/mol. The lowest BCUT2D eigenvalue weighted by Gasteiger charge is -2.25. The van der Waals surface area contributed by atoms with Crippen molar-refractivity contribution in [3.63, 3.8) is 0 Å². The highest BCUT2D eigenvalue weighted by Crippen LogP contribution is 2.30. The van der Waals surface area contributed by atoms with Crippen LogP contribution in [0.1, 0.15) is 10.6 Å². The molecule has 3 rings (SSSR count). The second-order valence-electron chi connectivity index (χ2n) is 6.08. The van der Waals surface area contributed by atoms with E-state index < -0.39 is 6.09 Å². The number of anilines is 2. The Labute approximate surface area is 166 Å². The molecule has 1 aromatic heterocycles. The van der Waals surface area contributed by atoms with Gasteiger partial charge in [-0.05, 0) is 12.1 Å². The van der Waals surface area contributed by atoms with Gasteiger partial charge in [0.15, 0.2) is 16.6 Å². The molecule has 0 atom stereocenters.